The number of hydrogen-bond donors (Lipinski definition) is 2. The molecule has 0 radical (unpaired) electrons. The number of aliphatic carboxylic acids is 1. The molecule has 4 nitrogen and oxygen atoms in total. The van der Waals surface area contributed by atoms with Gasteiger partial charge in [-0.1, -0.05) is 30.4 Å². The maximum Gasteiger partial charge on any atom is 0.307 e. The van der Waals surface area contributed by atoms with Crippen LogP contribution in [0.25, 0.3) is 0 Å². The average Bonchev–Trinajstić information content (AvgIpc) is 2.49. The summed E-state index contributed by atoms with van der Waals surface area (Å²) in [5, 5.41) is 12.2. The van der Waals surface area contributed by atoms with Crippen LogP contribution in [0.4, 0.5) is 0 Å². The van der Waals surface area contributed by atoms with Gasteiger partial charge in [0, 0.05) is 0 Å². The van der Waals surface area contributed by atoms with Gasteiger partial charge in [0.1, 0.15) is 0 Å². The fourth-order valence-corrected chi connectivity index (χ4v) is 2.81. The van der Waals surface area contributed by atoms with Crippen molar-refractivity contribution in [2.24, 2.45) is 11.8 Å². The lowest BCUT2D eigenvalue weighted by molar-refractivity contribution is -0.147. The van der Waals surface area contributed by atoms with E-state index >= 15 is 0 Å². The Balaban J connectivity index is 2.08. The van der Waals surface area contributed by atoms with Crippen LogP contribution in [0.1, 0.15) is 42.5 Å². The Bertz CT molecular complexity index is 606. The van der Waals surface area contributed by atoms with E-state index < -0.39 is 17.8 Å². The largest absolute Gasteiger partial charge is 0.481 e. The molecule has 1 amide bonds. The van der Waals surface area contributed by atoms with Crippen LogP contribution in [0.5, 0.6) is 0 Å². The number of rotatable bonds is 4. The summed E-state index contributed by atoms with van der Waals surface area (Å²) in [5.74, 6) is -2.20. The number of carboxylic acid groups (broad SMARTS) is 1. The third kappa shape index (κ3) is 3.56. The first kappa shape index (κ1) is 16.3. The number of carbonyl (C=O) groups is 2. The molecule has 0 aliphatic heterocycles. The summed E-state index contributed by atoms with van der Waals surface area (Å²) in [6.45, 7) is 6.02. The van der Waals surface area contributed by atoms with Crippen LogP contribution in [0.3, 0.4) is 0 Å². The molecule has 0 unspecified atom stereocenters. The van der Waals surface area contributed by atoms with Crippen molar-refractivity contribution in [3.63, 3.8) is 0 Å². The van der Waals surface area contributed by atoms with Crippen molar-refractivity contribution in [1.82, 2.24) is 5.32 Å². The number of hydrogen-bond acceptors (Lipinski definition) is 2. The van der Waals surface area contributed by atoms with Crippen molar-refractivity contribution >= 4 is 11.9 Å². The highest BCUT2D eigenvalue weighted by Gasteiger charge is 2.34. The zero-order valence-corrected chi connectivity index (χ0v) is 13.3. The average molecular weight is 301 g/mol. The van der Waals surface area contributed by atoms with Crippen molar-refractivity contribution in [1.29, 1.82) is 0 Å². The van der Waals surface area contributed by atoms with Crippen LogP contribution < -0.4 is 5.32 Å². The summed E-state index contributed by atoms with van der Waals surface area (Å²) in [4.78, 5) is 23.7. The molecule has 0 bridgehead atoms. The van der Waals surface area contributed by atoms with Gasteiger partial charge in [-0.2, -0.15) is 0 Å². The Morgan fingerprint density at radius 1 is 1.14 bits per heavy atom. The predicted octanol–water partition coefficient (Wildman–Crippen LogP) is 3.15. The van der Waals surface area contributed by atoms with Gasteiger partial charge in [0.2, 0.25) is 5.91 Å². The summed E-state index contributed by atoms with van der Waals surface area (Å²) in [6, 6.07) is 5.97. The first-order valence-corrected chi connectivity index (χ1v) is 7.65. The Hall–Kier alpha value is -2.10. The van der Waals surface area contributed by atoms with E-state index in [1.807, 2.05) is 45.1 Å². The molecule has 0 spiro atoms. The molecular weight excluding hydrogens is 278 g/mol. The maximum absolute atomic E-state index is 12.4. The van der Waals surface area contributed by atoms with Crippen LogP contribution >= 0.6 is 0 Å². The molecule has 1 aliphatic carbocycles. The van der Waals surface area contributed by atoms with E-state index in [4.69, 9.17) is 0 Å². The van der Waals surface area contributed by atoms with E-state index in [9.17, 15) is 14.7 Å². The molecule has 2 N–H and O–H groups in total. The van der Waals surface area contributed by atoms with E-state index in [2.05, 4.69) is 11.4 Å². The van der Waals surface area contributed by atoms with Crippen molar-refractivity contribution in [2.45, 2.75) is 39.7 Å². The van der Waals surface area contributed by atoms with Gasteiger partial charge in [0.25, 0.3) is 0 Å². The SMILES string of the molecule is Cc1ccc([C@H](C)NC(=O)[C@H]2CC=CC[C@H]2C(=O)O)cc1C. The van der Waals surface area contributed by atoms with Crippen LogP contribution in [0, 0.1) is 25.7 Å². The standard InChI is InChI=1S/C18H23NO3/c1-11-8-9-14(10-12(11)2)13(3)19-17(20)15-6-4-5-7-16(15)18(21)22/h4-5,8-10,13,15-16H,6-7H2,1-3H3,(H,19,20)(H,21,22)/t13-,15-,16+/m0/s1. The van der Waals surface area contributed by atoms with Crippen LogP contribution in [0.15, 0.2) is 30.4 Å². The lowest BCUT2D eigenvalue weighted by Crippen LogP contribution is -2.39. The van der Waals surface area contributed by atoms with Crippen LogP contribution in [-0.2, 0) is 9.59 Å². The molecular formula is C18H23NO3. The number of carboxylic acids is 1. The second kappa shape index (κ2) is 6.77. The smallest absolute Gasteiger partial charge is 0.307 e. The fourth-order valence-electron chi connectivity index (χ4n) is 2.81. The van der Waals surface area contributed by atoms with Crippen molar-refractivity contribution in [3.8, 4) is 0 Å². The fraction of sp³-hybridized carbons (Fsp3) is 0.444. The summed E-state index contributed by atoms with van der Waals surface area (Å²) >= 11 is 0. The molecule has 1 aromatic rings. The van der Waals surface area contributed by atoms with Crippen molar-refractivity contribution < 1.29 is 14.7 Å². The van der Waals surface area contributed by atoms with Crippen molar-refractivity contribution in [2.75, 3.05) is 0 Å². The molecule has 4 heteroatoms. The molecule has 0 saturated heterocycles. The second-order valence-electron chi connectivity index (χ2n) is 6.07. The van der Waals surface area contributed by atoms with E-state index in [1.54, 1.807) is 0 Å². The van der Waals surface area contributed by atoms with E-state index in [0.717, 1.165) is 5.56 Å². The lowest BCUT2D eigenvalue weighted by atomic mass is 9.82. The number of carbonyl (C=O) groups excluding carboxylic acids is 1. The molecule has 0 aromatic heterocycles. The summed E-state index contributed by atoms with van der Waals surface area (Å²) in [5.41, 5.74) is 3.43. The number of benzene rings is 1. The third-order valence-electron chi connectivity index (χ3n) is 4.48. The molecule has 2 rings (SSSR count). The molecule has 1 aromatic carbocycles. The zero-order valence-electron chi connectivity index (χ0n) is 13.3. The monoisotopic (exact) mass is 301 g/mol. The van der Waals surface area contributed by atoms with Crippen LogP contribution in [-0.4, -0.2) is 17.0 Å². The maximum atomic E-state index is 12.4. The van der Waals surface area contributed by atoms with Gasteiger partial charge >= 0.3 is 5.97 Å². The molecule has 22 heavy (non-hydrogen) atoms. The minimum atomic E-state index is -0.900. The molecule has 0 fully saturated rings. The number of aryl methyl sites for hydroxylation is 2. The number of amides is 1. The molecule has 1 aliphatic rings. The Morgan fingerprint density at radius 2 is 1.77 bits per heavy atom. The number of nitrogens with one attached hydrogen (secondary N) is 1. The van der Waals surface area contributed by atoms with Gasteiger partial charge in [0.15, 0.2) is 0 Å². The van der Waals surface area contributed by atoms with E-state index in [0.29, 0.717) is 12.8 Å². The van der Waals surface area contributed by atoms with Crippen molar-refractivity contribution in [3.05, 3.63) is 47.0 Å². The summed E-state index contributed by atoms with van der Waals surface area (Å²) in [7, 11) is 0. The molecule has 0 saturated carbocycles. The highest BCUT2D eigenvalue weighted by atomic mass is 16.4. The van der Waals surface area contributed by atoms with Crippen LogP contribution in [0.2, 0.25) is 0 Å². The summed E-state index contributed by atoms with van der Waals surface area (Å²) < 4.78 is 0. The van der Waals surface area contributed by atoms with Gasteiger partial charge in [-0.15, -0.1) is 0 Å². The minimum absolute atomic E-state index is 0.132. The van der Waals surface area contributed by atoms with Gasteiger partial charge in [-0.25, -0.2) is 0 Å². The Kier molecular flexibility index (Phi) is 5.01. The molecule has 3 atom stereocenters. The molecule has 118 valence electrons. The van der Waals surface area contributed by atoms with Gasteiger partial charge < -0.3 is 10.4 Å². The van der Waals surface area contributed by atoms with E-state index in [1.165, 1.54) is 11.1 Å². The Morgan fingerprint density at radius 3 is 2.36 bits per heavy atom. The Labute approximate surface area is 131 Å². The van der Waals surface area contributed by atoms with Gasteiger partial charge in [-0.3, -0.25) is 9.59 Å². The number of allylic oxidation sites excluding steroid dienone is 2. The van der Waals surface area contributed by atoms with Gasteiger partial charge in [-0.05, 0) is 50.3 Å². The highest BCUT2D eigenvalue weighted by Crippen LogP contribution is 2.27. The normalized spacial score (nSPS) is 22.1. The quantitative estimate of drug-likeness (QED) is 0.840. The summed E-state index contributed by atoms with van der Waals surface area (Å²) in [6.07, 6.45) is 4.65. The predicted molar refractivity (Wildman–Crippen MR) is 85.5 cm³/mol. The second-order valence-corrected chi connectivity index (χ2v) is 6.07. The van der Waals surface area contributed by atoms with E-state index in [-0.39, 0.29) is 11.9 Å². The zero-order chi connectivity index (χ0) is 16.3. The first-order chi connectivity index (χ1) is 10.4. The molecule has 0 heterocycles. The minimum Gasteiger partial charge on any atom is -0.481 e. The lowest BCUT2D eigenvalue weighted by Gasteiger charge is -2.26. The topological polar surface area (TPSA) is 66.4 Å². The van der Waals surface area contributed by atoms with Gasteiger partial charge in [0.05, 0.1) is 17.9 Å². The first-order valence-electron chi connectivity index (χ1n) is 7.65. The highest BCUT2D eigenvalue weighted by molar-refractivity contribution is 5.85. The third-order valence-corrected chi connectivity index (χ3v) is 4.48.